The number of benzene rings is 2. The van der Waals surface area contributed by atoms with E-state index in [4.69, 9.17) is 4.74 Å². The number of nitrogens with one attached hydrogen (secondary N) is 1. The van der Waals surface area contributed by atoms with Crippen molar-refractivity contribution in [2.45, 2.75) is 19.1 Å². The van der Waals surface area contributed by atoms with E-state index in [1.54, 1.807) is 25.2 Å². The van der Waals surface area contributed by atoms with Crippen molar-refractivity contribution in [2.24, 2.45) is 0 Å². The number of ether oxygens (including phenoxy) is 1. The van der Waals surface area contributed by atoms with E-state index in [0.29, 0.717) is 17.1 Å². The van der Waals surface area contributed by atoms with Crippen LogP contribution in [0.1, 0.15) is 22.8 Å². The van der Waals surface area contributed by atoms with E-state index >= 15 is 0 Å². The fourth-order valence-corrected chi connectivity index (χ4v) is 4.20. The van der Waals surface area contributed by atoms with Crippen molar-refractivity contribution in [3.63, 3.8) is 0 Å². The van der Waals surface area contributed by atoms with E-state index < -0.39 is 32.5 Å². The minimum Gasteiger partial charge on any atom is -0.482 e. The Morgan fingerprint density at radius 2 is 1.93 bits per heavy atom. The summed E-state index contributed by atoms with van der Waals surface area (Å²) in [4.78, 5) is 38.2. The lowest BCUT2D eigenvalue weighted by Crippen LogP contribution is -2.36. The van der Waals surface area contributed by atoms with Gasteiger partial charge in [-0.25, -0.2) is 8.42 Å². The molecule has 0 aromatic heterocycles. The van der Waals surface area contributed by atoms with Gasteiger partial charge in [-0.1, -0.05) is 12.1 Å². The second-order valence-corrected chi connectivity index (χ2v) is 9.48. The molecule has 2 aromatic rings. The van der Waals surface area contributed by atoms with Gasteiger partial charge in [-0.2, -0.15) is 0 Å². The lowest BCUT2D eigenvalue weighted by atomic mass is 10.1. The lowest BCUT2D eigenvalue weighted by Gasteiger charge is -2.26. The third-order valence-corrected chi connectivity index (χ3v) is 6.83. The molecule has 1 atom stereocenters. The Kier molecular flexibility index (Phi) is 5.93. The van der Waals surface area contributed by atoms with E-state index in [0.717, 1.165) is 5.56 Å². The topological polar surface area (TPSA) is 110 Å². The highest BCUT2D eigenvalue weighted by Gasteiger charge is 2.32. The van der Waals surface area contributed by atoms with Crippen molar-refractivity contribution >= 4 is 38.8 Å². The first kappa shape index (κ1) is 21.5. The molecule has 3 rings (SSSR count). The van der Waals surface area contributed by atoms with Crippen LogP contribution in [0.3, 0.4) is 0 Å². The average Bonchev–Trinajstić information content (AvgIpc) is 2.69. The number of carbonyl (C=O) groups excluding carboxylic acids is 3. The van der Waals surface area contributed by atoms with Gasteiger partial charge in [0.15, 0.2) is 22.2 Å². The quantitative estimate of drug-likeness (QED) is 0.702. The predicted octanol–water partition coefficient (Wildman–Crippen LogP) is 1.97. The fraction of sp³-hybridized carbons (Fsp3) is 0.286. The molecule has 9 heteroatoms. The van der Waals surface area contributed by atoms with Crippen molar-refractivity contribution in [1.82, 2.24) is 0 Å². The van der Waals surface area contributed by atoms with Gasteiger partial charge in [0.2, 0.25) is 5.91 Å². The van der Waals surface area contributed by atoms with Gasteiger partial charge in [-0.3, -0.25) is 14.4 Å². The van der Waals surface area contributed by atoms with Gasteiger partial charge in [-0.15, -0.1) is 0 Å². The molecule has 1 aliphatic rings. The number of sulfone groups is 1. The maximum absolute atomic E-state index is 12.8. The van der Waals surface area contributed by atoms with Gasteiger partial charge < -0.3 is 15.0 Å². The fourth-order valence-electron chi connectivity index (χ4n) is 3.05. The van der Waals surface area contributed by atoms with Gasteiger partial charge in [-0.05, 0) is 49.7 Å². The third kappa shape index (κ3) is 4.51. The molecular weight excluding hydrogens is 408 g/mol. The standard InChI is InChI=1S/C21H22N2O6S/c1-13-5-4-6-16(9-13)22-19(24)12-30(27,28)14(2)21(26)15-7-8-18-17(10-15)23(3)20(25)11-29-18/h4-10,14H,11-12H2,1-3H3,(H,22,24). The van der Waals surface area contributed by atoms with Crippen LogP contribution in [0.2, 0.25) is 0 Å². The monoisotopic (exact) mass is 430 g/mol. The van der Waals surface area contributed by atoms with Crippen molar-refractivity contribution in [2.75, 3.05) is 29.6 Å². The molecule has 0 saturated carbocycles. The lowest BCUT2D eigenvalue weighted by molar-refractivity contribution is -0.121. The van der Waals surface area contributed by atoms with Crippen molar-refractivity contribution in [3.05, 3.63) is 53.6 Å². The van der Waals surface area contributed by atoms with Crippen molar-refractivity contribution in [3.8, 4) is 5.75 Å². The number of nitrogens with zero attached hydrogens (tertiary/aromatic N) is 1. The number of anilines is 2. The third-order valence-electron chi connectivity index (χ3n) is 4.87. The summed E-state index contributed by atoms with van der Waals surface area (Å²) >= 11 is 0. The number of amides is 2. The maximum atomic E-state index is 12.8. The minimum absolute atomic E-state index is 0.0996. The Hall–Kier alpha value is -3.20. The Labute approximate surface area is 174 Å². The summed E-state index contributed by atoms with van der Waals surface area (Å²) in [5, 5.41) is 1.11. The predicted molar refractivity (Wildman–Crippen MR) is 113 cm³/mol. The number of fused-ring (bicyclic) bond motifs is 1. The molecule has 1 aliphatic heterocycles. The van der Waals surface area contributed by atoms with Crippen molar-refractivity contribution < 1.29 is 27.5 Å². The highest BCUT2D eigenvalue weighted by Crippen LogP contribution is 2.32. The Morgan fingerprint density at radius 3 is 2.63 bits per heavy atom. The molecule has 2 aromatic carbocycles. The molecule has 0 radical (unpaired) electrons. The number of Topliss-reactive ketones (excluding diaryl/α,β-unsaturated/α-hetero) is 1. The number of carbonyl (C=O) groups is 3. The first-order valence-electron chi connectivity index (χ1n) is 9.24. The van der Waals surface area contributed by atoms with Crippen LogP contribution in [0.25, 0.3) is 0 Å². The van der Waals surface area contributed by atoms with Crippen LogP contribution in [-0.4, -0.2) is 50.7 Å². The number of ketones is 1. The Balaban J connectivity index is 1.74. The molecule has 0 fully saturated rings. The molecule has 0 saturated heterocycles. The Bertz CT molecular complexity index is 1130. The summed E-state index contributed by atoms with van der Waals surface area (Å²) in [6, 6.07) is 11.4. The largest absolute Gasteiger partial charge is 0.482 e. The van der Waals surface area contributed by atoms with Gasteiger partial charge in [0, 0.05) is 18.3 Å². The first-order chi connectivity index (χ1) is 14.1. The zero-order chi connectivity index (χ0) is 22.1. The van der Waals surface area contributed by atoms with E-state index in [2.05, 4.69) is 5.32 Å². The molecule has 8 nitrogen and oxygen atoms in total. The zero-order valence-electron chi connectivity index (χ0n) is 16.8. The summed E-state index contributed by atoms with van der Waals surface area (Å²) in [5.41, 5.74) is 1.91. The smallest absolute Gasteiger partial charge is 0.264 e. The van der Waals surface area contributed by atoms with Gasteiger partial charge >= 0.3 is 0 Å². The van der Waals surface area contributed by atoms with Crippen LogP contribution in [-0.2, 0) is 19.4 Å². The molecule has 0 aliphatic carbocycles. The number of hydrogen-bond donors (Lipinski definition) is 1. The molecule has 158 valence electrons. The van der Waals surface area contributed by atoms with E-state index in [-0.39, 0.29) is 18.1 Å². The molecule has 0 bridgehead atoms. The molecule has 2 amide bonds. The van der Waals surface area contributed by atoms with Crippen LogP contribution >= 0.6 is 0 Å². The van der Waals surface area contributed by atoms with E-state index in [1.807, 2.05) is 13.0 Å². The van der Waals surface area contributed by atoms with Crippen LogP contribution in [0, 0.1) is 6.92 Å². The van der Waals surface area contributed by atoms with E-state index in [9.17, 15) is 22.8 Å². The second-order valence-electron chi connectivity index (χ2n) is 7.16. The second kappa shape index (κ2) is 8.27. The van der Waals surface area contributed by atoms with E-state index in [1.165, 1.54) is 30.0 Å². The number of aryl methyl sites for hydroxylation is 1. The van der Waals surface area contributed by atoms with Gasteiger partial charge in [0.25, 0.3) is 5.91 Å². The molecule has 1 unspecified atom stereocenters. The summed E-state index contributed by atoms with van der Waals surface area (Å²) in [6.07, 6.45) is 0. The zero-order valence-corrected chi connectivity index (χ0v) is 17.7. The number of rotatable bonds is 6. The van der Waals surface area contributed by atoms with Crippen LogP contribution in [0.5, 0.6) is 5.75 Å². The number of likely N-dealkylation sites (N-methyl/N-ethyl adjacent to an activating group) is 1. The SMILES string of the molecule is Cc1cccc(NC(=O)CS(=O)(=O)C(C)C(=O)c2ccc3c(c2)N(C)C(=O)CO3)c1. The summed E-state index contributed by atoms with van der Waals surface area (Å²) < 4.78 is 30.6. The maximum Gasteiger partial charge on any atom is 0.264 e. The minimum atomic E-state index is -4.06. The Morgan fingerprint density at radius 1 is 1.20 bits per heavy atom. The highest BCUT2D eigenvalue weighted by molar-refractivity contribution is 7.93. The highest BCUT2D eigenvalue weighted by atomic mass is 32.2. The number of hydrogen-bond acceptors (Lipinski definition) is 6. The molecule has 1 heterocycles. The normalized spacial score (nSPS) is 14.5. The molecule has 0 spiro atoms. The molecule has 1 N–H and O–H groups in total. The van der Waals surface area contributed by atoms with Crippen LogP contribution < -0.4 is 15.0 Å². The van der Waals surface area contributed by atoms with Gasteiger partial charge in [0.05, 0.1) is 5.69 Å². The summed E-state index contributed by atoms with van der Waals surface area (Å²) in [7, 11) is -2.51. The average molecular weight is 430 g/mol. The summed E-state index contributed by atoms with van der Waals surface area (Å²) in [6.45, 7) is 3.00. The van der Waals surface area contributed by atoms with Crippen LogP contribution in [0.15, 0.2) is 42.5 Å². The summed E-state index contributed by atoms with van der Waals surface area (Å²) in [5.74, 6) is -2.04. The van der Waals surface area contributed by atoms with Crippen LogP contribution in [0.4, 0.5) is 11.4 Å². The van der Waals surface area contributed by atoms with Crippen molar-refractivity contribution in [1.29, 1.82) is 0 Å². The molecular formula is C21H22N2O6S. The first-order valence-corrected chi connectivity index (χ1v) is 11.0. The van der Waals surface area contributed by atoms with Gasteiger partial charge in [0.1, 0.15) is 16.8 Å². The molecule has 30 heavy (non-hydrogen) atoms.